The van der Waals surface area contributed by atoms with Crippen LogP contribution >= 0.6 is 0 Å². The molecule has 0 aromatic carbocycles. The molecule has 0 saturated carbocycles. The predicted octanol–water partition coefficient (Wildman–Crippen LogP) is 0.988. The van der Waals surface area contributed by atoms with Crippen molar-refractivity contribution in [3.63, 3.8) is 0 Å². The lowest BCUT2D eigenvalue weighted by Gasteiger charge is -2.22. The second kappa shape index (κ2) is 2.83. The van der Waals surface area contributed by atoms with Gasteiger partial charge in [-0.05, 0) is 13.0 Å². The second-order valence-corrected chi connectivity index (χ2v) is 3.44. The van der Waals surface area contributed by atoms with Crippen molar-refractivity contribution in [2.75, 3.05) is 7.05 Å². The summed E-state index contributed by atoms with van der Waals surface area (Å²) in [5, 5.41) is 6.06. The molecule has 0 N–H and O–H groups in total. The third-order valence-corrected chi connectivity index (χ3v) is 2.50. The Morgan fingerprint density at radius 1 is 1.62 bits per heavy atom. The molecule has 0 bridgehead atoms. The summed E-state index contributed by atoms with van der Waals surface area (Å²) < 4.78 is 0. The van der Waals surface area contributed by atoms with Crippen molar-refractivity contribution in [2.24, 2.45) is 11.0 Å². The molecule has 0 amide bonds. The first-order valence-electron chi connectivity index (χ1n) is 4.36. The van der Waals surface area contributed by atoms with Crippen LogP contribution in [0.1, 0.15) is 6.92 Å². The highest BCUT2D eigenvalue weighted by molar-refractivity contribution is 5.96. The number of nitrogens with zero attached hydrogens (tertiary/aromatic N) is 2. The molecule has 2 aliphatic rings. The summed E-state index contributed by atoms with van der Waals surface area (Å²) in [6, 6.07) is 0.240. The zero-order valence-corrected chi connectivity index (χ0v) is 7.77. The maximum atomic E-state index is 11.1. The van der Waals surface area contributed by atoms with Crippen molar-refractivity contribution in [2.45, 2.75) is 13.0 Å². The number of hydrogen-bond acceptors (Lipinski definition) is 3. The number of Topliss-reactive ketones (excluding diaryl/α,β-unsaturated/α-hetero) is 1. The molecule has 0 saturated heterocycles. The topological polar surface area (TPSA) is 32.7 Å². The van der Waals surface area contributed by atoms with Crippen LogP contribution in [-0.2, 0) is 4.79 Å². The maximum Gasteiger partial charge on any atom is 0.159 e. The molecular formula is C10H12N2O. The Morgan fingerprint density at radius 2 is 2.38 bits per heavy atom. The van der Waals surface area contributed by atoms with Gasteiger partial charge >= 0.3 is 0 Å². The fraction of sp³-hybridized carbons (Fsp3) is 0.400. The van der Waals surface area contributed by atoms with Gasteiger partial charge in [0, 0.05) is 24.8 Å². The Bertz CT molecular complexity index is 328. The smallest absolute Gasteiger partial charge is 0.159 e. The lowest BCUT2D eigenvalue weighted by molar-refractivity contribution is -0.113. The average Bonchev–Trinajstić information content (AvgIpc) is 2.47. The van der Waals surface area contributed by atoms with E-state index in [2.05, 4.69) is 5.10 Å². The van der Waals surface area contributed by atoms with Crippen molar-refractivity contribution in [1.29, 1.82) is 0 Å². The fourth-order valence-electron chi connectivity index (χ4n) is 1.67. The number of carbonyl (C=O) groups excluding carboxylic acids is 1. The van der Waals surface area contributed by atoms with Crippen LogP contribution in [0.2, 0.25) is 0 Å². The number of fused-ring (bicyclic) bond motifs is 1. The fourth-order valence-corrected chi connectivity index (χ4v) is 1.67. The summed E-state index contributed by atoms with van der Waals surface area (Å²) in [5.74, 6) is 0.461. The molecule has 1 heterocycles. The molecule has 0 fully saturated rings. The number of ketones is 1. The summed E-state index contributed by atoms with van der Waals surface area (Å²) in [5.41, 5.74) is 0.790. The van der Waals surface area contributed by atoms with Crippen LogP contribution in [-0.4, -0.2) is 30.1 Å². The molecule has 13 heavy (non-hydrogen) atoms. The standard InChI is InChI=1S/C10H12N2O/c1-7(13)8-3-4-9-6-11-12(2)10(9)5-8/h3-6,9-10H,1-2H3. The summed E-state index contributed by atoms with van der Waals surface area (Å²) >= 11 is 0. The van der Waals surface area contributed by atoms with E-state index in [1.807, 2.05) is 36.5 Å². The Morgan fingerprint density at radius 3 is 3.08 bits per heavy atom. The molecule has 2 unspecified atom stereocenters. The minimum absolute atomic E-state index is 0.120. The molecule has 2 rings (SSSR count). The highest BCUT2D eigenvalue weighted by atomic mass is 16.1. The SMILES string of the molecule is CC(=O)C1=CC2C(C=C1)C=NN2C. The van der Waals surface area contributed by atoms with Crippen molar-refractivity contribution < 1.29 is 4.79 Å². The van der Waals surface area contributed by atoms with Gasteiger partial charge in [0.15, 0.2) is 5.78 Å². The van der Waals surface area contributed by atoms with Crippen LogP contribution in [0.3, 0.4) is 0 Å². The van der Waals surface area contributed by atoms with Crippen LogP contribution in [0.4, 0.5) is 0 Å². The predicted molar refractivity (Wildman–Crippen MR) is 51.4 cm³/mol. The molecule has 0 aromatic heterocycles. The molecule has 68 valence electrons. The van der Waals surface area contributed by atoms with Gasteiger partial charge in [-0.1, -0.05) is 12.2 Å². The number of allylic oxidation sites excluding steroid dienone is 2. The first-order chi connectivity index (χ1) is 6.18. The minimum atomic E-state index is 0.120. The summed E-state index contributed by atoms with van der Waals surface area (Å²) in [4.78, 5) is 11.1. The molecular weight excluding hydrogens is 164 g/mol. The highest BCUT2D eigenvalue weighted by Crippen LogP contribution is 2.24. The molecule has 0 spiro atoms. The van der Waals surface area contributed by atoms with Gasteiger partial charge in [-0.25, -0.2) is 0 Å². The second-order valence-electron chi connectivity index (χ2n) is 3.44. The molecule has 0 radical (unpaired) electrons. The molecule has 1 aliphatic carbocycles. The van der Waals surface area contributed by atoms with Crippen LogP contribution in [0.25, 0.3) is 0 Å². The monoisotopic (exact) mass is 176 g/mol. The van der Waals surface area contributed by atoms with E-state index in [1.165, 1.54) is 0 Å². The van der Waals surface area contributed by atoms with E-state index < -0.39 is 0 Å². The van der Waals surface area contributed by atoms with Gasteiger partial charge in [0.05, 0.1) is 6.04 Å². The van der Waals surface area contributed by atoms with E-state index >= 15 is 0 Å². The average molecular weight is 176 g/mol. The first kappa shape index (κ1) is 8.23. The first-order valence-corrected chi connectivity index (χ1v) is 4.36. The van der Waals surface area contributed by atoms with Gasteiger partial charge in [-0.2, -0.15) is 5.10 Å². The number of hydrogen-bond donors (Lipinski definition) is 0. The van der Waals surface area contributed by atoms with Crippen LogP contribution in [0.5, 0.6) is 0 Å². The van der Waals surface area contributed by atoms with Gasteiger partial charge in [-0.15, -0.1) is 0 Å². The quantitative estimate of drug-likeness (QED) is 0.596. The van der Waals surface area contributed by atoms with Crippen LogP contribution in [0, 0.1) is 5.92 Å². The van der Waals surface area contributed by atoms with Crippen LogP contribution < -0.4 is 0 Å². The van der Waals surface area contributed by atoms with E-state index in [9.17, 15) is 4.79 Å². The molecule has 3 heteroatoms. The Labute approximate surface area is 77.4 Å². The number of carbonyl (C=O) groups is 1. The molecule has 3 nitrogen and oxygen atoms in total. The third-order valence-electron chi connectivity index (χ3n) is 2.50. The zero-order chi connectivity index (χ0) is 9.42. The third kappa shape index (κ3) is 1.30. The van der Waals surface area contributed by atoms with Crippen LogP contribution in [0.15, 0.2) is 28.9 Å². The van der Waals surface area contributed by atoms with E-state index in [4.69, 9.17) is 0 Å². The Balaban J connectivity index is 2.27. The number of hydrazone groups is 1. The number of likely N-dealkylation sites (N-methyl/N-ethyl adjacent to an activating group) is 1. The minimum Gasteiger partial charge on any atom is -0.295 e. The lowest BCUT2D eigenvalue weighted by atomic mass is 9.92. The van der Waals surface area contributed by atoms with Crippen molar-refractivity contribution in [3.8, 4) is 0 Å². The van der Waals surface area contributed by atoms with E-state index in [0.717, 1.165) is 5.57 Å². The maximum absolute atomic E-state index is 11.1. The van der Waals surface area contributed by atoms with E-state index in [1.54, 1.807) is 6.92 Å². The number of rotatable bonds is 1. The highest BCUT2D eigenvalue weighted by Gasteiger charge is 2.27. The Kier molecular flexibility index (Phi) is 1.79. The van der Waals surface area contributed by atoms with E-state index in [0.29, 0.717) is 5.92 Å². The summed E-state index contributed by atoms with van der Waals surface area (Å²) in [7, 11) is 1.93. The largest absolute Gasteiger partial charge is 0.295 e. The molecule has 2 atom stereocenters. The lowest BCUT2D eigenvalue weighted by Crippen LogP contribution is -2.28. The zero-order valence-electron chi connectivity index (χ0n) is 7.77. The molecule has 0 aromatic rings. The molecule has 1 aliphatic heterocycles. The van der Waals surface area contributed by atoms with Gasteiger partial charge < -0.3 is 0 Å². The normalized spacial score (nSPS) is 30.3. The van der Waals surface area contributed by atoms with Crippen molar-refractivity contribution in [3.05, 3.63) is 23.8 Å². The Hall–Kier alpha value is -1.38. The van der Waals surface area contributed by atoms with Gasteiger partial charge in [0.1, 0.15) is 0 Å². The summed E-state index contributed by atoms with van der Waals surface area (Å²) in [6.07, 6.45) is 7.82. The van der Waals surface area contributed by atoms with Crippen molar-refractivity contribution >= 4 is 12.0 Å². The van der Waals surface area contributed by atoms with Crippen molar-refractivity contribution in [1.82, 2.24) is 5.01 Å². The van der Waals surface area contributed by atoms with E-state index in [-0.39, 0.29) is 11.8 Å². The van der Waals surface area contributed by atoms with Gasteiger partial charge in [-0.3, -0.25) is 9.80 Å². The van der Waals surface area contributed by atoms with Gasteiger partial charge in [0.2, 0.25) is 0 Å². The van der Waals surface area contributed by atoms with Gasteiger partial charge in [0.25, 0.3) is 0 Å². The summed E-state index contributed by atoms with van der Waals surface area (Å²) in [6.45, 7) is 1.59.